The molecule has 1 aromatic carbocycles. The minimum absolute atomic E-state index is 0.0869. The molecule has 5 nitrogen and oxygen atoms in total. The average molecular weight is 290 g/mol. The molecular formula is C16H22N2O3. The highest BCUT2D eigenvalue weighted by Crippen LogP contribution is 2.10. The fourth-order valence-corrected chi connectivity index (χ4v) is 2.26. The number of nitrogens with zero attached hydrogens (tertiary/aromatic N) is 1. The second-order valence-electron chi connectivity index (χ2n) is 5.14. The van der Waals surface area contributed by atoms with Gasteiger partial charge in [-0.1, -0.05) is 18.2 Å². The molecule has 1 heterocycles. The molecular weight excluding hydrogens is 268 g/mol. The Morgan fingerprint density at radius 3 is 2.81 bits per heavy atom. The number of nitrogens with one attached hydrogen (secondary N) is 1. The highest BCUT2D eigenvalue weighted by Gasteiger charge is 2.19. The monoisotopic (exact) mass is 290 g/mol. The van der Waals surface area contributed by atoms with Crippen LogP contribution in [0.25, 0.3) is 0 Å². The third-order valence-electron chi connectivity index (χ3n) is 3.41. The maximum absolute atomic E-state index is 11.7. The van der Waals surface area contributed by atoms with E-state index in [1.807, 2.05) is 30.3 Å². The van der Waals surface area contributed by atoms with E-state index in [1.165, 1.54) is 0 Å². The van der Waals surface area contributed by atoms with Crippen molar-refractivity contribution < 1.29 is 14.3 Å². The number of rotatable bonds is 7. The van der Waals surface area contributed by atoms with Crippen LogP contribution in [0.4, 0.5) is 0 Å². The van der Waals surface area contributed by atoms with Crippen molar-refractivity contribution in [3.63, 3.8) is 0 Å². The Kier molecular flexibility index (Phi) is 6.06. The Morgan fingerprint density at radius 2 is 2.05 bits per heavy atom. The van der Waals surface area contributed by atoms with Crippen molar-refractivity contribution in [3.05, 3.63) is 30.3 Å². The quantitative estimate of drug-likeness (QED) is 0.776. The van der Waals surface area contributed by atoms with Crippen LogP contribution in [0.3, 0.4) is 0 Å². The van der Waals surface area contributed by atoms with E-state index in [1.54, 1.807) is 4.90 Å². The second kappa shape index (κ2) is 8.29. The second-order valence-corrected chi connectivity index (χ2v) is 5.14. The summed E-state index contributed by atoms with van der Waals surface area (Å²) in [4.78, 5) is 25.0. The molecule has 0 atom stereocenters. The van der Waals surface area contributed by atoms with Gasteiger partial charge in [0.05, 0.1) is 13.2 Å². The lowest BCUT2D eigenvalue weighted by atomic mass is 10.1. The molecule has 0 spiro atoms. The van der Waals surface area contributed by atoms with Gasteiger partial charge in [0.1, 0.15) is 5.75 Å². The van der Waals surface area contributed by atoms with Crippen molar-refractivity contribution in [1.82, 2.24) is 10.2 Å². The summed E-state index contributed by atoms with van der Waals surface area (Å²) >= 11 is 0. The predicted octanol–water partition coefficient (Wildman–Crippen LogP) is 1.58. The maximum atomic E-state index is 11.7. The number of hydrogen-bond donors (Lipinski definition) is 1. The number of benzene rings is 1. The molecule has 114 valence electrons. The van der Waals surface area contributed by atoms with Gasteiger partial charge in [-0.3, -0.25) is 9.59 Å². The van der Waals surface area contributed by atoms with Crippen molar-refractivity contribution in [2.24, 2.45) is 0 Å². The summed E-state index contributed by atoms with van der Waals surface area (Å²) < 4.78 is 5.54. The highest BCUT2D eigenvalue weighted by molar-refractivity contribution is 5.85. The number of ether oxygens (including phenoxy) is 1. The van der Waals surface area contributed by atoms with Gasteiger partial charge in [-0.25, -0.2) is 0 Å². The molecule has 0 aliphatic carbocycles. The standard InChI is InChI=1S/C16H22N2O3/c19-15(13-18-11-5-4-9-16(18)20)17-10-6-12-21-14-7-2-1-3-8-14/h1-3,7-8H,4-6,9-13H2,(H,17,19). The summed E-state index contributed by atoms with van der Waals surface area (Å²) in [6.07, 6.45) is 3.24. The number of piperidine rings is 1. The summed E-state index contributed by atoms with van der Waals surface area (Å²) in [7, 11) is 0. The Balaban J connectivity index is 1.56. The molecule has 5 heteroatoms. The van der Waals surface area contributed by atoms with Gasteiger partial charge in [-0.05, 0) is 31.4 Å². The van der Waals surface area contributed by atoms with Gasteiger partial charge >= 0.3 is 0 Å². The van der Waals surface area contributed by atoms with Crippen LogP contribution in [0, 0.1) is 0 Å². The van der Waals surface area contributed by atoms with Crippen LogP contribution < -0.4 is 10.1 Å². The van der Waals surface area contributed by atoms with Gasteiger partial charge in [0.15, 0.2) is 0 Å². The van der Waals surface area contributed by atoms with E-state index in [0.717, 1.165) is 25.0 Å². The first-order valence-electron chi connectivity index (χ1n) is 7.48. The molecule has 1 aromatic rings. The van der Waals surface area contributed by atoms with E-state index < -0.39 is 0 Å². The molecule has 1 fully saturated rings. The Morgan fingerprint density at radius 1 is 1.24 bits per heavy atom. The predicted molar refractivity (Wildman–Crippen MR) is 80.0 cm³/mol. The first-order valence-corrected chi connectivity index (χ1v) is 7.48. The SMILES string of the molecule is O=C(CN1CCCCC1=O)NCCCOc1ccccc1. The molecule has 1 aliphatic heterocycles. The zero-order valence-electron chi connectivity index (χ0n) is 12.2. The molecule has 0 saturated carbocycles. The van der Waals surface area contributed by atoms with Crippen molar-refractivity contribution >= 4 is 11.8 Å². The van der Waals surface area contributed by atoms with Crippen LogP contribution in [0.2, 0.25) is 0 Å². The van der Waals surface area contributed by atoms with Crippen LogP contribution in [0.15, 0.2) is 30.3 Å². The summed E-state index contributed by atoms with van der Waals surface area (Å²) in [6.45, 7) is 2.00. The highest BCUT2D eigenvalue weighted by atomic mass is 16.5. The van der Waals surface area contributed by atoms with E-state index in [2.05, 4.69) is 5.32 Å². The molecule has 21 heavy (non-hydrogen) atoms. The minimum atomic E-state index is -0.0926. The number of carbonyl (C=O) groups excluding carboxylic acids is 2. The van der Waals surface area contributed by atoms with Gasteiger partial charge in [0.2, 0.25) is 11.8 Å². The van der Waals surface area contributed by atoms with Crippen LogP contribution in [-0.2, 0) is 9.59 Å². The van der Waals surface area contributed by atoms with Gasteiger partial charge in [0, 0.05) is 19.5 Å². The number of amides is 2. The van der Waals surface area contributed by atoms with Crippen molar-refractivity contribution in [1.29, 1.82) is 0 Å². The molecule has 0 aromatic heterocycles. The third kappa shape index (κ3) is 5.45. The summed E-state index contributed by atoms with van der Waals surface area (Å²) in [5.41, 5.74) is 0. The van der Waals surface area contributed by atoms with Crippen LogP contribution >= 0.6 is 0 Å². The lowest BCUT2D eigenvalue weighted by Gasteiger charge is -2.25. The number of hydrogen-bond acceptors (Lipinski definition) is 3. The Labute approximate surface area is 125 Å². The summed E-state index contributed by atoms with van der Waals surface area (Å²) in [5, 5.41) is 2.82. The van der Waals surface area contributed by atoms with E-state index >= 15 is 0 Å². The zero-order chi connectivity index (χ0) is 14.9. The van der Waals surface area contributed by atoms with Crippen molar-refractivity contribution in [2.45, 2.75) is 25.7 Å². The Bertz CT molecular complexity index is 462. The molecule has 0 radical (unpaired) electrons. The number of para-hydroxylation sites is 1. The van der Waals surface area contributed by atoms with Crippen molar-refractivity contribution in [2.75, 3.05) is 26.2 Å². The lowest BCUT2D eigenvalue weighted by Crippen LogP contribution is -2.43. The van der Waals surface area contributed by atoms with E-state index in [0.29, 0.717) is 26.1 Å². The lowest BCUT2D eigenvalue weighted by molar-refractivity contribution is -0.137. The van der Waals surface area contributed by atoms with E-state index in [4.69, 9.17) is 4.74 Å². The largest absolute Gasteiger partial charge is 0.494 e. The molecule has 2 amide bonds. The normalized spacial score (nSPS) is 14.9. The first kappa shape index (κ1) is 15.4. The third-order valence-corrected chi connectivity index (χ3v) is 3.41. The average Bonchev–Trinajstić information content (AvgIpc) is 2.50. The number of likely N-dealkylation sites (tertiary alicyclic amines) is 1. The molecule has 1 aliphatic rings. The number of carbonyl (C=O) groups is 2. The Hall–Kier alpha value is -2.04. The molecule has 0 bridgehead atoms. The maximum Gasteiger partial charge on any atom is 0.239 e. The van der Waals surface area contributed by atoms with Crippen molar-refractivity contribution in [3.8, 4) is 5.75 Å². The van der Waals surface area contributed by atoms with Crippen LogP contribution in [0.1, 0.15) is 25.7 Å². The topological polar surface area (TPSA) is 58.6 Å². The summed E-state index contributed by atoms with van der Waals surface area (Å²) in [6, 6.07) is 9.59. The fourth-order valence-electron chi connectivity index (χ4n) is 2.26. The van der Waals surface area contributed by atoms with Gasteiger partial charge in [0.25, 0.3) is 0 Å². The smallest absolute Gasteiger partial charge is 0.239 e. The van der Waals surface area contributed by atoms with Crippen LogP contribution in [0.5, 0.6) is 5.75 Å². The van der Waals surface area contributed by atoms with Gasteiger partial charge in [-0.15, -0.1) is 0 Å². The molecule has 0 unspecified atom stereocenters. The van der Waals surface area contributed by atoms with E-state index in [9.17, 15) is 9.59 Å². The van der Waals surface area contributed by atoms with E-state index in [-0.39, 0.29) is 18.4 Å². The molecule has 1 saturated heterocycles. The summed E-state index contributed by atoms with van der Waals surface area (Å²) in [5.74, 6) is 0.830. The minimum Gasteiger partial charge on any atom is -0.494 e. The first-order chi connectivity index (χ1) is 10.3. The zero-order valence-corrected chi connectivity index (χ0v) is 12.2. The molecule has 1 N–H and O–H groups in total. The van der Waals surface area contributed by atoms with Gasteiger partial charge in [-0.2, -0.15) is 0 Å². The van der Waals surface area contributed by atoms with Crippen LogP contribution in [-0.4, -0.2) is 43.0 Å². The molecule has 2 rings (SSSR count). The van der Waals surface area contributed by atoms with Gasteiger partial charge < -0.3 is 15.0 Å². The fraction of sp³-hybridized carbons (Fsp3) is 0.500.